The first kappa shape index (κ1) is 24.0. The lowest BCUT2D eigenvalue weighted by atomic mass is 9.97. The van der Waals surface area contributed by atoms with E-state index < -0.39 is 0 Å². The van der Waals surface area contributed by atoms with Crippen LogP contribution in [-0.4, -0.2) is 15.0 Å². The van der Waals surface area contributed by atoms with Crippen molar-refractivity contribution in [1.29, 1.82) is 0 Å². The standard InChI is InChI=1S/C40H25N3/c1-3-9-27-21-31(15-13-25(27)7-1)38-41-39(32-16-14-26-8-2-4-10-28(26)22-32)43-40(42-38)33-18-19-35-30(23-33)17-20-36-34-12-6-5-11-29(34)24-37(35)36/h1-23H,24H2. The van der Waals surface area contributed by atoms with Gasteiger partial charge in [0.25, 0.3) is 0 Å². The summed E-state index contributed by atoms with van der Waals surface area (Å²) in [5.41, 5.74) is 8.41. The van der Waals surface area contributed by atoms with E-state index in [1.807, 2.05) is 0 Å². The fraction of sp³-hybridized carbons (Fsp3) is 0.0250. The number of hydrogen-bond acceptors (Lipinski definition) is 3. The van der Waals surface area contributed by atoms with Gasteiger partial charge in [-0.3, -0.25) is 0 Å². The molecule has 0 saturated heterocycles. The van der Waals surface area contributed by atoms with Gasteiger partial charge < -0.3 is 0 Å². The molecule has 0 unspecified atom stereocenters. The molecule has 3 heteroatoms. The van der Waals surface area contributed by atoms with Gasteiger partial charge in [-0.25, -0.2) is 15.0 Å². The minimum atomic E-state index is 0.670. The summed E-state index contributed by atoms with van der Waals surface area (Å²) in [5.74, 6) is 2.01. The molecule has 43 heavy (non-hydrogen) atoms. The van der Waals surface area contributed by atoms with Crippen LogP contribution >= 0.6 is 0 Å². The summed E-state index contributed by atoms with van der Waals surface area (Å²) in [6, 6.07) is 49.4. The second-order valence-corrected chi connectivity index (χ2v) is 11.3. The van der Waals surface area contributed by atoms with Crippen molar-refractivity contribution in [1.82, 2.24) is 15.0 Å². The van der Waals surface area contributed by atoms with Gasteiger partial charge in [-0.05, 0) is 79.2 Å². The summed E-state index contributed by atoms with van der Waals surface area (Å²) in [5, 5.41) is 7.20. The summed E-state index contributed by atoms with van der Waals surface area (Å²) in [7, 11) is 0. The third kappa shape index (κ3) is 4.01. The van der Waals surface area contributed by atoms with Gasteiger partial charge in [-0.2, -0.15) is 0 Å². The molecule has 0 amide bonds. The molecule has 0 bridgehead atoms. The number of benzene rings is 7. The monoisotopic (exact) mass is 547 g/mol. The van der Waals surface area contributed by atoms with E-state index in [9.17, 15) is 0 Å². The van der Waals surface area contributed by atoms with E-state index in [1.165, 1.54) is 43.8 Å². The number of rotatable bonds is 3. The first-order valence-electron chi connectivity index (χ1n) is 14.7. The molecule has 200 valence electrons. The van der Waals surface area contributed by atoms with Gasteiger partial charge in [0.05, 0.1) is 0 Å². The fourth-order valence-electron chi connectivity index (χ4n) is 6.52. The highest BCUT2D eigenvalue weighted by Crippen LogP contribution is 2.41. The zero-order valence-electron chi connectivity index (χ0n) is 23.3. The molecular weight excluding hydrogens is 522 g/mol. The van der Waals surface area contributed by atoms with E-state index in [2.05, 4.69) is 140 Å². The van der Waals surface area contributed by atoms with E-state index in [1.54, 1.807) is 0 Å². The Hall–Kier alpha value is -5.67. The van der Waals surface area contributed by atoms with Crippen LogP contribution < -0.4 is 0 Å². The Morgan fingerprint density at radius 2 is 0.860 bits per heavy atom. The number of hydrogen-bond donors (Lipinski definition) is 0. The Morgan fingerprint density at radius 1 is 0.372 bits per heavy atom. The van der Waals surface area contributed by atoms with Crippen molar-refractivity contribution >= 4 is 32.3 Å². The molecule has 3 nitrogen and oxygen atoms in total. The van der Waals surface area contributed by atoms with Gasteiger partial charge in [-0.1, -0.05) is 121 Å². The Balaban J connectivity index is 1.22. The largest absolute Gasteiger partial charge is 0.208 e. The lowest BCUT2D eigenvalue weighted by molar-refractivity contribution is 1.08. The van der Waals surface area contributed by atoms with Crippen LogP contribution in [0.5, 0.6) is 0 Å². The second-order valence-electron chi connectivity index (χ2n) is 11.3. The fourth-order valence-corrected chi connectivity index (χ4v) is 6.52. The normalized spacial score (nSPS) is 12.1. The minimum absolute atomic E-state index is 0.670. The summed E-state index contributed by atoms with van der Waals surface area (Å²) >= 11 is 0. The molecule has 9 rings (SSSR count). The Morgan fingerprint density at radius 3 is 1.49 bits per heavy atom. The molecule has 0 spiro atoms. The molecule has 0 fully saturated rings. The van der Waals surface area contributed by atoms with Crippen LogP contribution in [0.15, 0.2) is 140 Å². The highest BCUT2D eigenvalue weighted by Gasteiger charge is 2.20. The molecule has 0 atom stereocenters. The van der Waals surface area contributed by atoms with Crippen molar-refractivity contribution in [2.24, 2.45) is 0 Å². The Kier molecular flexibility index (Phi) is 5.26. The maximum absolute atomic E-state index is 5.06. The van der Waals surface area contributed by atoms with Gasteiger partial charge in [0, 0.05) is 16.7 Å². The smallest absolute Gasteiger partial charge is 0.164 e. The van der Waals surface area contributed by atoms with Crippen LogP contribution in [0.2, 0.25) is 0 Å². The molecule has 0 saturated carbocycles. The number of nitrogens with zero attached hydrogens (tertiary/aromatic N) is 3. The molecule has 0 radical (unpaired) electrons. The van der Waals surface area contributed by atoms with Crippen LogP contribution in [0.1, 0.15) is 11.1 Å². The van der Waals surface area contributed by atoms with E-state index >= 15 is 0 Å². The SMILES string of the molecule is c1ccc2c(c1)Cc1c-2ccc2cc(-c3nc(-c4ccc5ccccc5c4)nc(-c4ccc5ccccc5c4)n3)ccc12. The van der Waals surface area contributed by atoms with Crippen molar-refractivity contribution < 1.29 is 0 Å². The molecule has 0 aliphatic heterocycles. The van der Waals surface area contributed by atoms with E-state index in [-0.39, 0.29) is 0 Å². The third-order valence-electron chi connectivity index (χ3n) is 8.72. The third-order valence-corrected chi connectivity index (χ3v) is 8.72. The van der Waals surface area contributed by atoms with E-state index in [0.29, 0.717) is 17.5 Å². The highest BCUT2D eigenvalue weighted by molar-refractivity contribution is 5.97. The zero-order chi connectivity index (χ0) is 28.3. The van der Waals surface area contributed by atoms with Crippen molar-refractivity contribution in [2.45, 2.75) is 6.42 Å². The van der Waals surface area contributed by atoms with Gasteiger partial charge in [-0.15, -0.1) is 0 Å². The number of aromatic nitrogens is 3. The van der Waals surface area contributed by atoms with Gasteiger partial charge in [0.1, 0.15) is 0 Å². The summed E-state index contributed by atoms with van der Waals surface area (Å²) in [4.78, 5) is 15.1. The zero-order valence-corrected chi connectivity index (χ0v) is 23.3. The average molecular weight is 548 g/mol. The first-order chi connectivity index (χ1) is 21.3. The minimum Gasteiger partial charge on any atom is -0.208 e. The molecule has 7 aromatic carbocycles. The summed E-state index contributed by atoms with van der Waals surface area (Å²) in [6.45, 7) is 0. The molecule has 0 N–H and O–H groups in total. The molecular formula is C40H25N3. The van der Waals surface area contributed by atoms with Crippen LogP contribution in [0.25, 0.3) is 77.6 Å². The lowest BCUT2D eigenvalue weighted by Crippen LogP contribution is -2.00. The molecule has 1 aliphatic rings. The van der Waals surface area contributed by atoms with Crippen molar-refractivity contribution in [3.63, 3.8) is 0 Å². The van der Waals surface area contributed by atoms with Crippen molar-refractivity contribution in [3.8, 4) is 45.3 Å². The van der Waals surface area contributed by atoms with Crippen LogP contribution in [0, 0.1) is 0 Å². The van der Waals surface area contributed by atoms with Crippen LogP contribution in [0.3, 0.4) is 0 Å². The molecule has 1 aromatic heterocycles. The second kappa shape index (κ2) is 9.43. The van der Waals surface area contributed by atoms with E-state index in [0.717, 1.165) is 33.9 Å². The predicted molar refractivity (Wildman–Crippen MR) is 177 cm³/mol. The van der Waals surface area contributed by atoms with Crippen LogP contribution in [0.4, 0.5) is 0 Å². The van der Waals surface area contributed by atoms with Crippen LogP contribution in [-0.2, 0) is 6.42 Å². The highest BCUT2D eigenvalue weighted by atomic mass is 15.0. The molecule has 1 heterocycles. The predicted octanol–water partition coefficient (Wildman–Crippen LogP) is 9.90. The maximum atomic E-state index is 5.06. The summed E-state index contributed by atoms with van der Waals surface area (Å²) < 4.78 is 0. The van der Waals surface area contributed by atoms with E-state index in [4.69, 9.17) is 15.0 Å². The van der Waals surface area contributed by atoms with Gasteiger partial charge in [0.15, 0.2) is 17.5 Å². The van der Waals surface area contributed by atoms with Gasteiger partial charge >= 0.3 is 0 Å². The average Bonchev–Trinajstić information content (AvgIpc) is 3.46. The number of fused-ring (bicyclic) bond motifs is 7. The molecule has 8 aromatic rings. The van der Waals surface area contributed by atoms with Gasteiger partial charge in [0.2, 0.25) is 0 Å². The van der Waals surface area contributed by atoms with Crippen molar-refractivity contribution in [3.05, 3.63) is 151 Å². The Bertz CT molecular complexity index is 2290. The topological polar surface area (TPSA) is 38.7 Å². The quantitative estimate of drug-likeness (QED) is 0.221. The first-order valence-corrected chi connectivity index (χ1v) is 14.7. The Labute approximate surface area is 249 Å². The summed E-state index contributed by atoms with van der Waals surface area (Å²) in [6.07, 6.45) is 0.964. The maximum Gasteiger partial charge on any atom is 0.164 e. The lowest BCUT2D eigenvalue weighted by Gasteiger charge is -2.11. The molecule has 1 aliphatic carbocycles. The van der Waals surface area contributed by atoms with Crippen molar-refractivity contribution in [2.75, 3.05) is 0 Å².